The minimum Gasteiger partial charge on any atom is -0.424 e. The molecule has 1 aliphatic heterocycles. The van der Waals surface area contributed by atoms with E-state index >= 15 is 0 Å². The predicted molar refractivity (Wildman–Crippen MR) is 60.5 cm³/mol. The molecule has 1 heterocycles. The van der Waals surface area contributed by atoms with Crippen molar-refractivity contribution < 1.29 is 10.0 Å². The lowest BCUT2D eigenvalue weighted by Crippen LogP contribution is -2.36. The first-order chi connectivity index (χ1) is 6.68. The summed E-state index contributed by atoms with van der Waals surface area (Å²) in [6.45, 7) is 2.24. The van der Waals surface area contributed by atoms with Gasteiger partial charge in [-0.1, -0.05) is 37.1 Å². The maximum atomic E-state index is 9.16. The van der Waals surface area contributed by atoms with Crippen molar-refractivity contribution in [2.75, 3.05) is 5.23 Å². The predicted octanol–water partition coefficient (Wildman–Crippen LogP) is -0.0344. The van der Waals surface area contributed by atoms with Gasteiger partial charge in [0.25, 0.3) is 6.85 Å². The Labute approximate surface area is 83.7 Å². The molecular weight excluding hydrogens is 176 g/mol. The van der Waals surface area contributed by atoms with Crippen LogP contribution in [0, 0.1) is 0 Å². The number of nitrogens with one attached hydrogen (secondary N) is 1. The van der Waals surface area contributed by atoms with E-state index in [9.17, 15) is 0 Å². The fourth-order valence-electron chi connectivity index (χ4n) is 1.63. The molecule has 1 aromatic carbocycles. The molecule has 0 bridgehead atoms. The highest BCUT2D eigenvalue weighted by molar-refractivity contribution is 6.70. The molecular formula is C9H11B2NO2. The molecule has 3 nitrogen and oxygen atoms in total. The van der Waals surface area contributed by atoms with E-state index in [-0.39, 0.29) is 6.85 Å². The van der Waals surface area contributed by atoms with Crippen LogP contribution in [-0.2, 0) is 0 Å². The lowest BCUT2D eigenvalue weighted by Gasteiger charge is -2.20. The normalized spacial score (nSPS) is 13.5. The van der Waals surface area contributed by atoms with Crippen LogP contribution in [0.1, 0.15) is 5.56 Å². The first-order valence-corrected chi connectivity index (χ1v) is 4.62. The van der Waals surface area contributed by atoms with Crippen molar-refractivity contribution in [3.63, 3.8) is 0 Å². The van der Waals surface area contributed by atoms with Gasteiger partial charge in [-0.25, -0.2) is 0 Å². The van der Waals surface area contributed by atoms with Crippen molar-refractivity contribution >= 4 is 31.2 Å². The third-order valence-corrected chi connectivity index (χ3v) is 2.34. The molecule has 1 aromatic rings. The topological polar surface area (TPSA) is 52.5 Å². The molecule has 0 radical (unpaired) electrons. The van der Waals surface area contributed by atoms with E-state index < -0.39 is 7.12 Å². The van der Waals surface area contributed by atoms with Gasteiger partial charge < -0.3 is 15.3 Å². The molecule has 0 fully saturated rings. The van der Waals surface area contributed by atoms with Crippen molar-refractivity contribution in [2.24, 2.45) is 0 Å². The Morgan fingerprint density at radius 3 is 2.86 bits per heavy atom. The molecule has 70 valence electrons. The van der Waals surface area contributed by atoms with Gasteiger partial charge in [0.15, 0.2) is 0 Å². The maximum absolute atomic E-state index is 9.16. The molecule has 0 atom stereocenters. The number of para-hydroxylation sites is 1. The average Bonchev–Trinajstić information content (AvgIpc) is 2.16. The molecule has 14 heavy (non-hydrogen) atoms. The monoisotopic (exact) mass is 187 g/mol. The van der Waals surface area contributed by atoms with Crippen molar-refractivity contribution in [1.82, 2.24) is 0 Å². The van der Waals surface area contributed by atoms with Crippen molar-refractivity contribution in [3.05, 3.63) is 29.7 Å². The summed E-state index contributed by atoms with van der Waals surface area (Å²) in [7, 11) is -1.42. The Bertz CT molecular complexity index is 379. The second-order valence-corrected chi connectivity index (χ2v) is 3.48. The zero-order chi connectivity index (χ0) is 10.1. The molecule has 5 heteroatoms. The summed E-state index contributed by atoms with van der Waals surface area (Å²) in [5, 5.41) is 21.5. The van der Waals surface area contributed by atoms with Crippen molar-refractivity contribution in [1.29, 1.82) is 0 Å². The van der Waals surface area contributed by atoms with Crippen LogP contribution >= 0.6 is 0 Å². The second-order valence-electron chi connectivity index (χ2n) is 3.48. The number of rotatable bonds is 1. The quantitative estimate of drug-likeness (QED) is 0.540. The first kappa shape index (κ1) is 9.37. The van der Waals surface area contributed by atoms with Crippen LogP contribution in [0.4, 0.5) is 5.69 Å². The molecule has 1 aliphatic rings. The Morgan fingerprint density at radius 1 is 1.36 bits per heavy atom. The van der Waals surface area contributed by atoms with Crippen molar-refractivity contribution in [2.45, 2.75) is 6.82 Å². The lowest BCUT2D eigenvalue weighted by atomic mass is 9.61. The van der Waals surface area contributed by atoms with Crippen LogP contribution in [-0.4, -0.2) is 24.0 Å². The van der Waals surface area contributed by atoms with Gasteiger partial charge in [0.05, 0.1) is 0 Å². The molecule has 0 saturated carbocycles. The van der Waals surface area contributed by atoms with Gasteiger partial charge in [-0.05, 0) is 5.56 Å². The lowest BCUT2D eigenvalue weighted by molar-refractivity contribution is 0.426. The van der Waals surface area contributed by atoms with Crippen LogP contribution in [0.25, 0.3) is 6.08 Å². The standard InChI is InChI=1S/C9H11B2NO2/c1-10-6-5-7-3-2-4-8(11(13)14)9(7)12-10/h2-6,12-14H,1H3. The summed E-state index contributed by atoms with van der Waals surface area (Å²) in [6.07, 6.45) is 1.99. The van der Waals surface area contributed by atoms with Crippen LogP contribution in [0.3, 0.4) is 0 Å². The molecule has 0 unspecified atom stereocenters. The van der Waals surface area contributed by atoms with E-state index in [1.165, 1.54) is 0 Å². The van der Waals surface area contributed by atoms with Gasteiger partial charge >= 0.3 is 7.12 Å². The summed E-state index contributed by atoms with van der Waals surface area (Å²) in [6, 6.07) is 5.47. The third-order valence-electron chi connectivity index (χ3n) is 2.34. The molecule has 0 amide bonds. The zero-order valence-corrected chi connectivity index (χ0v) is 7.94. The Kier molecular flexibility index (Phi) is 2.35. The van der Waals surface area contributed by atoms with E-state index in [1.54, 1.807) is 6.07 Å². The van der Waals surface area contributed by atoms with Gasteiger partial charge in [0.2, 0.25) is 0 Å². The van der Waals surface area contributed by atoms with E-state index in [0.29, 0.717) is 5.46 Å². The SMILES string of the molecule is CB1C=Cc2cccc(B(O)O)c2N1. The second kappa shape index (κ2) is 3.52. The number of hydrogen-bond donors (Lipinski definition) is 3. The Hall–Kier alpha value is -1.19. The van der Waals surface area contributed by atoms with Gasteiger partial charge in [-0.15, -0.1) is 0 Å². The molecule has 0 aromatic heterocycles. The zero-order valence-electron chi connectivity index (χ0n) is 7.94. The van der Waals surface area contributed by atoms with Gasteiger partial charge in [0.1, 0.15) is 0 Å². The summed E-state index contributed by atoms with van der Waals surface area (Å²) in [5.74, 6) is 2.04. The molecule has 0 saturated heterocycles. The largest absolute Gasteiger partial charge is 0.490 e. The minimum atomic E-state index is -1.42. The highest BCUT2D eigenvalue weighted by atomic mass is 16.4. The van der Waals surface area contributed by atoms with Crippen molar-refractivity contribution in [3.8, 4) is 0 Å². The molecule has 0 spiro atoms. The van der Waals surface area contributed by atoms with E-state index in [4.69, 9.17) is 10.0 Å². The third kappa shape index (κ3) is 1.56. The van der Waals surface area contributed by atoms with Crippen LogP contribution in [0.5, 0.6) is 0 Å². The smallest absolute Gasteiger partial charge is 0.424 e. The highest BCUT2D eigenvalue weighted by Crippen LogP contribution is 2.19. The Morgan fingerprint density at radius 2 is 2.14 bits per heavy atom. The molecule has 3 N–H and O–H groups in total. The van der Waals surface area contributed by atoms with Gasteiger partial charge in [0, 0.05) is 11.2 Å². The minimum absolute atomic E-state index is 0.224. The molecule has 2 rings (SSSR count). The van der Waals surface area contributed by atoms with Crippen LogP contribution < -0.4 is 10.7 Å². The number of hydrogen-bond acceptors (Lipinski definition) is 3. The summed E-state index contributed by atoms with van der Waals surface area (Å²) in [5.41, 5.74) is 2.34. The molecule has 0 aliphatic carbocycles. The summed E-state index contributed by atoms with van der Waals surface area (Å²) < 4.78 is 0. The van der Waals surface area contributed by atoms with Crippen LogP contribution in [0.2, 0.25) is 6.82 Å². The number of fused-ring (bicyclic) bond motifs is 1. The van der Waals surface area contributed by atoms with Gasteiger partial charge in [-0.2, -0.15) is 0 Å². The Balaban J connectivity index is 2.51. The fraction of sp³-hybridized carbons (Fsp3) is 0.111. The van der Waals surface area contributed by atoms with E-state index in [1.807, 2.05) is 31.0 Å². The first-order valence-electron chi connectivity index (χ1n) is 4.62. The fourth-order valence-corrected chi connectivity index (χ4v) is 1.63. The summed E-state index contributed by atoms with van der Waals surface area (Å²) >= 11 is 0. The maximum Gasteiger partial charge on any atom is 0.490 e. The van der Waals surface area contributed by atoms with Crippen LogP contribution in [0.15, 0.2) is 24.2 Å². The van der Waals surface area contributed by atoms with E-state index in [0.717, 1.165) is 11.3 Å². The number of benzene rings is 1. The average molecular weight is 187 g/mol. The van der Waals surface area contributed by atoms with Gasteiger partial charge in [-0.3, -0.25) is 0 Å². The van der Waals surface area contributed by atoms with E-state index in [2.05, 4.69) is 5.23 Å². The number of anilines is 1. The highest BCUT2D eigenvalue weighted by Gasteiger charge is 2.21. The summed E-state index contributed by atoms with van der Waals surface area (Å²) in [4.78, 5) is 0.